The van der Waals surface area contributed by atoms with E-state index in [4.69, 9.17) is 22.1 Å². The van der Waals surface area contributed by atoms with Crippen LogP contribution in [0.2, 0.25) is 5.02 Å². The molecule has 0 fully saturated rings. The second-order valence-corrected chi connectivity index (χ2v) is 9.56. The first-order chi connectivity index (χ1) is 14.9. The van der Waals surface area contributed by atoms with Gasteiger partial charge in [0.15, 0.2) is 16.8 Å². The zero-order valence-electron chi connectivity index (χ0n) is 17.7. The van der Waals surface area contributed by atoms with Crippen LogP contribution in [0.5, 0.6) is 0 Å². The molecule has 1 amide bonds. The van der Waals surface area contributed by atoms with Crippen molar-refractivity contribution in [2.45, 2.75) is 31.1 Å². The number of hydrogen-bond donors (Lipinski definition) is 2. The molecule has 0 saturated carbocycles. The van der Waals surface area contributed by atoms with Crippen molar-refractivity contribution >= 4 is 46.1 Å². The molecule has 2 heterocycles. The van der Waals surface area contributed by atoms with Crippen LogP contribution in [0.25, 0.3) is 0 Å². The lowest BCUT2D eigenvalue weighted by atomic mass is 9.73. The minimum absolute atomic E-state index is 0.0131. The Morgan fingerprint density at radius 2 is 1.97 bits per heavy atom. The van der Waals surface area contributed by atoms with Crippen LogP contribution in [-0.4, -0.2) is 33.9 Å². The van der Waals surface area contributed by atoms with E-state index >= 15 is 4.39 Å². The minimum Gasteiger partial charge on any atom is -0.468 e. The molecule has 1 aromatic carbocycles. The Balaban J connectivity index is 2.06. The maximum absolute atomic E-state index is 15.0. The van der Waals surface area contributed by atoms with E-state index < -0.39 is 39.7 Å². The number of halogens is 3. The van der Waals surface area contributed by atoms with Crippen molar-refractivity contribution in [3.05, 3.63) is 58.4 Å². The number of pyridine rings is 1. The first-order valence-corrected chi connectivity index (χ1v) is 10.7. The lowest BCUT2D eigenvalue weighted by Crippen LogP contribution is -2.53. The molecule has 1 aliphatic heterocycles. The summed E-state index contributed by atoms with van der Waals surface area (Å²) in [6.45, 7) is 4.84. The smallest absolute Gasteiger partial charge is 0.322 e. The Morgan fingerprint density at radius 3 is 2.56 bits per heavy atom. The highest BCUT2D eigenvalue weighted by Gasteiger charge is 2.55. The predicted octanol–water partition coefficient (Wildman–Crippen LogP) is 4.11. The number of rotatable bonds is 4. The van der Waals surface area contributed by atoms with Crippen molar-refractivity contribution in [1.29, 1.82) is 0 Å². The summed E-state index contributed by atoms with van der Waals surface area (Å²) in [7, 11) is 1.24. The molecule has 11 heteroatoms. The lowest BCUT2D eigenvalue weighted by molar-refractivity contribution is -0.145. The van der Waals surface area contributed by atoms with Crippen LogP contribution in [0, 0.1) is 17.6 Å². The number of carbonyl (C=O) groups excluding carboxylic acids is 2. The van der Waals surface area contributed by atoms with Gasteiger partial charge in [-0.1, -0.05) is 30.3 Å². The molecule has 2 aromatic rings. The van der Waals surface area contributed by atoms with Gasteiger partial charge in [-0.15, -0.1) is 0 Å². The Labute approximate surface area is 192 Å². The van der Waals surface area contributed by atoms with Crippen molar-refractivity contribution in [2.75, 3.05) is 12.4 Å². The first-order valence-electron chi connectivity index (χ1n) is 9.47. The van der Waals surface area contributed by atoms with Crippen LogP contribution in [-0.2, 0) is 15.1 Å². The van der Waals surface area contributed by atoms with Crippen molar-refractivity contribution in [3.8, 4) is 0 Å². The van der Waals surface area contributed by atoms with Gasteiger partial charge in [-0.05, 0) is 32.0 Å². The topological polar surface area (TPSA) is 107 Å². The molecule has 1 aromatic heterocycles. The van der Waals surface area contributed by atoms with Gasteiger partial charge in [0, 0.05) is 29.4 Å². The number of thioether (sulfide) groups is 1. The van der Waals surface area contributed by atoms with E-state index in [0.717, 1.165) is 17.8 Å². The fraction of sp³-hybridized carbons (Fsp3) is 0.333. The highest BCUT2D eigenvalue weighted by molar-refractivity contribution is 8.15. The molecule has 3 N–H and O–H groups in total. The molecule has 0 radical (unpaired) electrons. The number of esters is 1. The molecule has 7 nitrogen and oxygen atoms in total. The van der Waals surface area contributed by atoms with Gasteiger partial charge in [0.05, 0.1) is 17.7 Å². The van der Waals surface area contributed by atoms with Crippen molar-refractivity contribution in [1.82, 2.24) is 4.98 Å². The van der Waals surface area contributed by atoms with Crippen LogP contribution in [0.15, 0.2) is 35.5 Å². The normalized spacial score (nSPS) is 25.1. The van der Waals surface area contributed by atoms with Gasteiger partial charge < -0.3 is 15.8 Å². The Hall–Kier alpha value is -2.72. The van der Waals surface area contributed by atoms with Gasteiger partial charge in [-0.3, -0.25) is 14.6 Å². The van der Waals surface area contributed by atoms with Gasteiger partial charge in [-0.2, -0.15) is 0 Å². The van der Waals surface area contributed by atoms with Gasteiger partial charge in [0.25, 0.3) is 5.91 Å². The number of methoxy groups -OCH3 is 1. The SMILES string of the molecule is COC(=O)[C@@]1(C)SC(N)=N[C@](C)(c2cc(NC(=O)c3ccc(Cl)cn3)cc(F)c2F)C1C. The molecule has 1 unspecified atom stereocenters. The van der Waals surface area contributed by atoms with E-state index in [1.54, 1.807) is 20.8 Å². The zero-order chi connectivity index (χ0) is 23.8. The van der Waals surface area contributed by atoms with E-state index in [-0.39, 0.29) is 22.1 Å². The predicted molar refractivity (Wildman–Crippen MR) is 120 cm³/mol. The highest BCUT2D eigenvalue weighted by atomic mass is 35.5. The number of nitrogens with one attached hydrogen (secondary N) is 1. The number of aromatic nitrogens is 1. The summed E-state index contributed by atoms with van der Waals surface area (Å²) in [5.74, 6) is -4.21. The number of nitrogens with zero attached hydrogens (tertiary/aromatic N) is 2. The molecule has 3 rings (SSSR count). The quantitative estimate of drug-likeness (QED) is 0.635. The molecular formula is C21H21ClF2N4O3S. The number of anilines is 1. The summed E-state index contributed by atoms with van der Waals surface area (Å²) in [6.07, 6.45) is 1.29. The summed E-state index contributed by atoms with van der Waals surface area (Å²) in [4.78, 5) is 33.3. The number of benzene rings is 1. The summed E-state index contributed by atoms with van der Waals surface area (Å²) in [5.41, 5.74) is 4.40. The Bertz CT molecular complexity index is 1110. The number of nitrogens with two attached hydrogens (primary N) is 1. The molecule has 0 aliphatic carbocycles. The number of aliphatic imine (C=N–C) groups is 1. The molecule has 0 spiro atoms. The van der Waals surface area contributed by atoms with E-state index in [2.05, 4.69) is 15.3 Å². The maximum atomic E-state index is 15.0. The van der Waals surface area contributed by atoms with Crippen molar-refractivity contribution in [3.63, 3.8) is 0 Å². The standard InChI is InChI=1S/C21H21ClF2N4O3S/c1-10-20(2,28-19(25)32-21(10,3)18(30)31-4)13-7-12(8-14(23)16(13)24)27-17(29)15-6-5-11(22)9-26-15/h5-10H,1-4H3,(H2,25,28)(H,27,29)/t10?,20-,21-/m0/s1. The highest BCUT2D eigenvalue weighted by Crippen LogP contribution is 2.51. The molecule has 1 aliphatic rings. The summed E-state index contributed by atoms with van der Waals surface area (Å²) < 4.78 is 33.3. The van der Waals surface area contributed by atoms with E-state index in [1.165, 1.54) is 31.5 Å². The van der Waals surface area contributed by atoms with E-state index in [0.29, 0.717) is 5.02 Å². The van der Waals surface area contributed by atoms with Crippen LogP contribution < -0.4 is 11.1 Å². The maximum Gasteiger partial charge on any atom is 0.322 e. The monoisotopic (exact) mass is 482 g/mol. The van der Waals surface area contributed by atoms with Gasteiger partial charge in [-0.25, -0.2) is 13.8 Å². The average molecular weight is 483 g/mol. The lowest BCUT2D eigenvalue weighted by Gasteiger charge is -2.45. The molecular weight excluding hydrogens is 462 g/mol. The number of ether oxygens (including phenoxy) is 1. The average Bonchev–Trinajstić information content (AvgIpc) is 2.74. The third kappa shape index (κ3) is 4.16. The number of hydrogen-bond acceptors (Lipinski definition) is 7. The molecule has 3 atom stereocenters. The molecule has 0 saturated heterocycles. The molecule has 170 valence electrons. The van der Waals surface area contributed by atoms with Crippen molar-refractivity contribution in [2.24, 2.45) is 16.6 Å². The molecule has 0 bridgehead atoms. The van der Waals surface area contributed by atoms with E-state index in [9.17, 15) is 14.0 Å². The van der Waals surface area contributed by atoms with Crippen LogP contribution >= 0.6 is 23.4 Å². The van der Waals surface area contributed by atoms with Gasteiger partial charge >= 0.3 is 5.97 Å². The first kappa shape index (κ1) is 23.9. The van der Waals surface area contributed by atoms with Gasteiger partial charge in [0.1, 0.15) is 10.4 Å². The second kappa shape index (κ2) is 8.67. The number of amidine groups is 1. The van der Waals surface area contributed by atoms with Crippen LogP contribution in [0.1, 0.15) is 36.8 Å². The fourth-order valence-electron chi connectivity index (χ4n) is 3.64. The van der Waals surface area contributed by atoms with Crippen molar-refractivity contribution < 1.29 is 23.1 Å². The summed E-state index contributed by atoms with van der Waals surface area (Å²) in [5, 5.41) is 2.87. The van der Waals surface area contributed by atoms with Crippen LogP contribution in [0.3, 0.4) is 0 Å². The summed E-state index contributed by atoms with van der Waals surface area (Å²) in [6, 6.07) is 5.00. The zero-order valence-corrected chi connectivity index (χ0v) is 19.3. The number of amides is 1. The fourth-order valence-corrected chi connectivity index (χ4v) is 4.99. The van der Waals surface area contributed by atoms with Crippen LogP contribution in [0.4, 0.5) is 14.5 Å². The second-order valence-electron chi connectivity index (χ2n) is 7.66. The minimum atomic E-state index is -1.43. The third-order valence-corrected chi connectivity index (χ3v) is 7.18. The number of carbonyl (C=O) groups is 2. The van der Waals surface area contributed by atoms with E-state index in [1.807, 2.05) is 0 Å². The van der Waals surface area contributed by atoms with Gasteiger partial charge in [0.2, 0.25) is 0 Å². The molecule has 32 heavy (non-hydrogen) atoms. The Morgan fingerprint density at radius 1 is 1.28 bits per heavy atom. The largest absolute Gasteiger partial charge is 0.468 e. The third-order valence-electron chi connectivity index (χ3n) is 5.71. The summed E-state index contributed by atoms with van der Waals surface area (Å²) >= 11 is 6.77. The Kier molecular flexibility index (Phi) is 6.48.